The highest BCUT2D eigenvalue weighted by Gasteiger charge is 2.26. The molecule has 44 heavy (non-hydrogen) atoms. The molecule has 0 fully saturated rings. The summed E-state index contributed by atoms with van der Waals surface area (Å²) < 4.78 is 32.4. The lowest BCUT2D eigenvalue weighted by Gasteiger charge is -2.23. The van der Waals surface area contributed by atoms with E-state index in [1.165, 1.54) is 148 Å². The summed E-state index contributed by atoms with van der Waals surface area (Å²) in [7, 11) is -4.30. The zero-order valence-electron chi connectivity index (χ0n) is 29.3. The molecule has 6 nitrogen and oxygen atoms in total. The first-order valence-electron chi connectivity index (χ1n) is 19.2. The van der Waals surface area contributed by atoms with E-state index in [9.17, 15) is 22.9 Å². The van der Waals surface area contributed by atoms with E-state index in [1.54, 1.807) is 0 Å². The van der Waals surface area contributed by atoms with Crippen molar-refractivity contribution in [2.45, 2.75) is 225 Å². The van der Waals surface area contributed by atoms with Crippen LogP contribution in [0.25, 0.3) is 0 Å². The van der Waals surface area contributed by atoms with Gasteiger partial charge in [0.1, 0.15) is 0 Å². The summed E-state index contributed by atoms with van der Waals surface area (Å²) >= 11 is 0. The number of aliphatic hydroxyl groups is 1. The third-order valence-corrected chi connectivity index (χ3v) is 9.84. The van der Waals surface area contributed by atoms with Gasteiger partial charge >= 0.3 is 0 Å². The smallest absolute Gasteiger partial charge is 0.266 e. The zero-order valence-corrected chi connectivity index (χ0v) is 30.1. The van der Waals surface area contributed by atoms with E-state index in [0.717, 1.165) is 38.5 Å². The fourth-order valence-electron chi connectivity index (χ4n) is 6.16. The SMILES string of the molecule is CCCCCCCCCCCCCCCCCCCCCC(O)C(CS(=O)(=O)O)NC(=O)CCCCCCCCCCCC. The third-order valence-electron chi connectivity index (χ3n) is 9.06. The van der Waals surface area contributed by atoms with Crippen LogP contribution in [-0.2, 0) is 14.9 Å². The number of aliphatic hydroxyl groups excluding tert-OH is 1. The summed E-state index contributed by atoms with van der Waals surface area (Å²) in [5.74, 6) is -0.887. The third kappa shape index (κ3) is 32.7. The molecule has 0 heterocycles. The molecule has 264 valence electrons. The Morgan fingerprint density at radius 1 is 0.523 bits per heavy atom. The van der Waals surface area contributed by atoms with E-state index in [0.29, 0.717) is 12.8 Å². The number of hydrogen-bond donors (Lipinski definition) is 3. The summed E-state index contributed by atoms with van der Waals surface area (Å²) in [6.45, 7) is 4.50. The quantitative estimate of drug-likeness (QED) is 0.0470. The molecule has 0 aliphatic rings. The highest BCUT2D eigenvalue weighted by Crippen LogP contribution is 2.16. The molecule has 2 unspecified atom stereocenters. The molecule has 0 radical (unpaired) electrons. The molecule has 0 aliphatic heterocycles. The summed E-state index contributed by atoms with van der Waals surface area (Å²) in [6.07, 6.45) is 36.3. The van der Waals surface area contributed by atoms with Crippen molar-refractivity contribution < 1.29 is 22.9 Å². The van der Waals surface area contributed by atoms with Crippen LogP contribution in [0.15, 0.2) is 0 Å². The van der Waals surface area contributed by atoms with E-state index in [2.05, 4.69) is 19.2 Å². The first-order valence-corrected chi connectivity index (χ1v) is 20.8. The fourth-order valence-corrected chi connectivity index (χ4v) is 6.92. The van der Waals surface area contributed by atoms with E-state index in [-0.39, 0.29) is 5.91 Å². The Balaban J connectivity index is 3.81. The van der Waals surface area contributed by atoms with Crippen molar-refractivity contribution in [1.82, 2.24) is 5.32 Å². The highest BCUT2D eigenvalue weighted by molar-refractivity contribution is 7.85. The minimum absolute atomic E-state index is 0.245. The van der Waals surface area contributed by atoms with Crippen molar-refractivity contribution in [2.24, 2.45) is 0 Å². The predicted molar refractivity (Wildman–Crippen MR) is 189 cm³/mol. The molecule has 0 bridgehead atoms. The van der Waals surface area contributed by atoms with Crippen molar-refractivity contribution >= 4 is 16.0 Å². The van der Waals surface area contributed by atoms with Gasteiger partial charge in [0.2, 0.25) is 5.91 Å². The van der Waals surface area contributed by atoms with Crippen LogP contribution >= 0.6 is 0 Å². The van der Waals surface area contributed by atoms with Crippen LogP contribution in [0.4, 0.5) is 0 Å². The predicted octanol–water partition coefficient (Wildman–Crippen LogP) is 10.9. The Labute approximate surface area is 274 Å². The molecule has 0 aromatic carbocycles. The molecule has 7 heteroatoms. The van der Waals surface area contributed by atoms with Gasteiger partial charge in [0.05, 0.1) is 17.9 Å². The first-order chi connectivity index (χ1) is 21.3. The van der Waals surface area contributed by atoms with Gasteiger partial charge in [-0.1, -0.05) is 194 Å². The van der Waals surface area contributed by atoms with Crippen LogP contribution in [0.1, 0.15) is 213 Å². The number of carbonyl (C=O) groups excluding carboxylic acids is 1. The summed E-state index contributed by atoms with van der Waals surface area (Å²) in [5, 5.41) is 13.3. The van der Waals surface area contributed by atoms with E-state index in [4.69, 9.17) is 0 Å². The van der Waals surface area contributed by atoms with Crippen molar-refractivity contribution in [3.63, 3.8) is 0 Å². The number of amides is 1. The molecular weight excluding hydrogens is 570 g/mol. The van der Waals surface area contributed by atoms with Crippen LogP contribution in [0.3, 0.4) is 0 Å². The van der Waals surface area contributed by atoms with E-state index >= 15 is 0 Å². The molecule has 0 saturated carbocycles. The van der Waals surface area contributed by atoms with Crippen molar-refractivity contribution in [2.75, 3.05) is 5.75 Å². The molecule has 0 saturated heterocycles. The maximum atomic E-state index is 12.4. The second-order valence-electron chi connectivity index (χ2n) is 13.6. The average Bonchev–Trinajstić information content (AvgIpc) is 2.98. The van der Waals surface area contributed by atoms with Gasteiger partial charge in [0, 0.05) is 6.42 Å². The maximum absolute atomic E-state index is 12.4. The van der Waals surface area contributed by atoms with Gasteiger partial charge in [0.25, 0.3) is 10.1 Å². The van der Waals surface area contributed by atoms with Crippen LogP contribution in [0.2, 0.25) is 0 Å². The summed E-state index contributed by atoms with van der Waals surface area (Å²) in [5.41, 5.74) is 0. The Bertz CT molecular complexity index is 715. The Hall–Kier alpha value is -0.660. The first kappa shape index (κ1) is 43.3. The molecular formula is C37H75NO5S. The number of carbonyl (C=O) groups is 1. The monoisotopic (exact) mass is 646 g/mol. The molecule has 0 spiro atoms. The van der Waals surface area contributed by atoms with Crippen LogP contribution < -0.4 is 5.32 Å². The number of unbranched alkanes of at least 4 members (excludes halogenated alkanes) is 27. The Kier molecular flexibility index (Phi) is 31.8. The van der Waals surface area contributed by atoms with Crippen molar-refractivity contribution in [3.8, 4) is 0 Å². The van der Waals surface area contributed by atoms with Crippen molar-refractivity contribution in [3.05, 3.63) is 0 Å². The minimum Gasteiger partial charge on any atom is -0.391 e. The van der Waals surface area contributed by atoms with E-state index in [1.807, 2.05) is 0 Å². The Morgan fingerprint density at radius 3 is 1.14 bits per heavy atom. The lowest BCUT2D eigenvalue weighted by Crippen LogP contribution is -2.47. The van der Waals surface area contributed by atoms with Gasteiger partial charge in [0.15, 0.2) is 0 Å². The Morgan fingerprint density at radius 2 is 0.818 bits per heavy atom. The van der Waals surface area contributed by atoms with Gasteiger partial charge < -0.3 is 10.4 Å². The van der Waals surface area contributed by atoms with Gasteiger partial charge in [-0.3, -0.25) is 9.35 Å². The largest absolute Gasteiger partial charge is 0.391 e. The van der Waals surface area contributed by atoms with Gasteiger partial charge in [-0.05, 0) is 12.8 Å². The molecule has 2 atom stereocenters. The minimum atomic E-state index is -4.30. The molecule has 0 aromatic heterocycles. The van der Waals surface area contributed by atoms with Gasteiger partial charge in [-0.15, -0.1) is 0 Å². The average molecular weight is 646 g/mol. The summed E-state index contributed by atoms with van der Waals surface area (Å²) in [6, 6.07) is -0.962. The second-order valence-corrected chi connectivity index (χ2v) is 15.1. The van der Waals surface area contributed by atoms with E-state index < -0.39 is 28.0 Å². The number of hydrogen-bond acceptors (Lipinski definition) is 4. The van der Waals surface area contributed by atoms with Gasteiger partial charge in [-0.25, -0.2) is 0 Å². The molecule has 0 aromatic rings. The maximum Gasteiger partial charge on any atom is 0.266 e. The van der Waals surface area contributed by atoms with Crippen LogP contribution in [0, 0.1) is 0 Å². The van der Waals surface area contributed by atoms with Crippen molar-refractivity contribution in [1.29, 1.82) is 0 Å². The number of rotatable bonds is 35. The molecule has 3 N–H and O–H groups in total. The normalized spacial score (nSPS) is 13.3. The molecule has 0 aliphatic carbocycles. The topological polar surface area (TPSA) is 104 Å². The van der Waals surface area contributed by atoms with Gasteiger partial charge in [-0.2, -0.15) is 8.42 Å². The molecule has 1 amide bonds. The van der Waals surface area contributed by atoms with Crippen LogP contribution in [-0.4, -0.2) is 41.9 Å². The lowest BCUT2D eigenvalue weighted by atomic mass is 10.0. The second kappa shape index (κ2) is 32.3. The summed E-state index contributed by atoms with van der Waals surface area (Å²) in [4.78, 5) is 12.4. The lowest BCUT2D eigenvalue weighted by molar-refractivity contribution is -0.122. The highest BCUT2D eigenvalue weighted by atomic mass is 32.2. The number of nitrogens with one attached hydrogen (secondary N) is 1. The zero-order chi connectivity index (χ0) is 32.6. The fraction of sp³-hybridized carbons (Fsp3) is 0.973. The molecule has 0 rings (SSSR count). The standard InChI is InChI=1S/C37H75NO5S/c1-3-5-7-9-11-13-15-16-17-18-19-20-21-22-23-24-26-28-30-32-36(39)35(34-44(41,42)43)38-37(40)33-31-29-27-25-14-12-10-8-6-4-2/h35-36,39H,3-34H2,1-2H3,(H,38,40)(H,41,42,43). The van der Waals surface area contributed by atoms with Crippen LogP contribution in [0.5, 0.6) is 0 Å².